The van der Waals surface area contributed by atoms with E-state index in [0.29, 0.717) is 6.10 Å². The fraction of sp³-hybridized carbons (Fsp3) is 0.538. The highest BCUT2D eigenvalue weighted by Gasteiger charge is 2.12. The van der Waals surface area contributed by atoms with E-state index in [2.05, 4.69) is 11.4 Å². The number of ether oxygens (including phenoxy) is 1. The normalized spacial score (nSPS) is 20.9. The van der Waals surface area contributed by atoms with Gasteiger partial charge in [0.15, 0.2) is 0 Å². The predicted molar refractivity (Wildman–Crippen MR) is 66.2 cm³/mol. The van der Waals surface area contributed by atoms with Crippen molar-refractivity contribution >= 4 is 5.69 Å². The Morgan fingerprint density at radius 3 is 2.94 bits per heavy atom. The average Bonchev–Trinajstić information content (AvgIpc) is 2.33. The maximum atomic E-state index is 5.87. The van der Waals surface area contributed by atoms with Gasteiger partial charge in [-0.15, -0.1) is 0 Å². The van der Waals surface area contributed by atoms with Crippen molar-refractivity contribution in [1.82, 2.24) is 5.32 Å². The minimum absolute atomic E-state index is 0.388. The minimum atomic E-state index is 0.388. The predicted octanol–water partition coefficient (Wildman–Crippen LogP) is 1.93. The zero-order valence-corrected chi connectivity index (χ0v) is 9.61. The number of nitrogens with one attached hydrogen (secondary N) is 1. The van der Waals surface area contributed by atoms with Gasteiger partial charge in [-0.3, -0.25) is 0 Å². The lowest BCUT2D eigenvalue weighted by Gasteiger charge is -2.22. The van der Waals surface area contributed by atoms with Crippen LogP contribution in [0.25, 0.3) is 0 Å². The van der Waals surface area contributed by atoms with Crippen molar-refractivity contribution in [3.63, 3.8) is 0 Å². The first-order chi connectivity index (χ1) is 7.86. The Kier molecular flexibility index (Phi) is 4.19. The average molecular weight is 220 g/mol. The van der Waals surface area contributed by atoms with Gasteiger partial charge in [0.25, 0.3) is 0 Å². The highest BCUT2D eigenvalue weighted by atomic mass is 16.5. The fourth-order valence-corrected chi connectivity index (χ4v) is 2.03. The molecule has 1 atom stereocenters. The summed E-state index contributed by atoms with van der Waals surface area (Å²) < 4.78 is 5.65. The highest BCUT2D eigenvalue weighted by molar-refractivity contribution is 5.46. The van der Waals surface area contributed by atoms with Crippen LogP contribution in [0, 0.1) is 0 Å². The molecule has 1 aromatic carbocycles. The quantitative estimate of drug-likeness (QED) is 0.762. The number of para-hydroxylation sites is 1. The Bertz CT molecular complexity index is 321. The zero-order valence-electron chi connectivity index (χ0n) is 9.61. The summed E-state index contributed by atoms with van der Waals surface area (Å²) in [4.78, 5) is 0. The van der Waals surface area contributed by atoms with Gasteiger partial charge in [0.05, 0.1) is 6.10 Å². The molecule has 3 heteroatoms. The van der Waals surface area contributed by atoms with Gasteiger partial charge in [-0.1, -0.05) is 18.2 Å². The van der Waals surface area contributed by atoms with E-state index in [-0.39, 0.29) is 0 Å². The maximum absolute atomic E-state index is 5.87. The summed E-state index contributed by atoms with van der Waals surface area (Å²) in [6.07, 6.45) is 4.07. The Morgan fingerprint density at radius 1 is 1.31 bits per heavy atom. The van der Waals surface area contributed by atoms with E-state index in [9.17, 15) is 0 Å². The molecule has 0 spiro atoms. The summed E-state index contributed by atoms with van der Waals surface area (Å²) in [7, 11) is 0. The van der Waals surface area contributed by atoms with E-state index < -0.39 is 0 Å². The van der Waals surface area contributed by atoms with Crippen molar-refractivity contribution in [2.75, 3.05) is 18.9 Å². The minimum Gasteiger partial charge on any atom is -0.398 e. The molecule has 3 nitrogen and oxygen atoms in total. The van der Waals surface area contributed by atoms with Gasteiger partial charge in [0.2, 0.25) is 0 Å². The van der Waals surface area contributed by atoms with Crippen LogP contribution in [0.4, 0.5) is 5.69 Å². The number of nitrogens with two attached hydrogens (primary N) is 1. The second-order valence-corrected chi connectivity index (χ2v) is 4.32. The summed E-state index contributed by atoms with van der Waals surface area (Å²) in [5, 5.41) is 3.41. The van der Waals surface area contributed by atoms with Gasteiger partial charge < -0.3 is 15.8 Å². The van der Waals surface area contributed by atoms with E-state index in [1.807, 2.05) is 18.2 Å². The molecule has 0 saturated carbocycles. The molecule has 1 aromatic rings. The SMILES string of the molecule is Nc1ccccc1CNCC1CCCCO1. The lowest BCUT2D eigenvalue weighted by Crippen LogP contribution is -2.31. The smallest absolute Gasteiger partial charge is 0.0699 e. The van der Waals surface area contributed by atoms with Crippen LogP contribution in [0.1, 0.15) is 24.8 Å². The van der Waals surface area contributed by atoms with Crippen LogP contribution in [-0.2, 0) is 11.3 Å². The van der Waals surface area contributed by atoms with Crippen molar-refractivity contribution in [1.29, 1.82) is 0 Å². The fourth-order valence-electron chi connectivity index (χ4n) is 2.03. The Hall–Kier alpha value is -1.06. The van der Waals surface area contributed by atoms with Crippen molar-refractivity contribution < 1.29 is 4.74 Å². The van der Waals surface area contributed by atoms with Crippen molar-refractivity contribution in [3.05, 3.63) is 29.8 Å². The van der Waals surface area contributed by atoms with Crippen LogP contribution in [0.15, 0.2) is 24.3 Å². The molecule has 1 aliphatic rings. The standard InChI is InChI=1S/C13H20N2O/c14-13-7-2-1-5-11(13)9-15-10-12-6-3-4-8-16-12/h1-2,5,7,12,15H,3-4,6,8-10,14H2. The molecule has 0 amide bonds. The first kappa shape index (κ1) is 11.4. The van der Waals surface area contributed by atoms with Gasteiger partial charge in [-0.05, 0) is 30.9 Å². The molecular formula is C13H20N2O. The van der Waals surface area contributed by atoms with E-state index >= 15 is 0 Å². The van der Waals surface area contributed by atoms with Gasteiger partial charge in [-0.25, -0.2) is 0 Å². The van der Waals surface area contributed by atoms with Crippen LogP contribution in [0.3, 0.4) is 0 Å². The third-order valence-electron chi connectivity index (χ3n) is 3.02. The van der Waals surface area contributed by atoms with Crippen molar-refractivity contribution in [2.24, 2.45) is 0 Å². The molecule has 1 fully saturated rings. The summed E-state index contributed by atoms with van der Waals surface area (Å²) in [5.41, 5.74) is 7.89. The zero-order chi connectivity index (χ0) is 11.2. The molecule has 0 bridgehead atoms. The Balaban J connectivity index is 1.73. The number of hydrogen-bond donors (Lipinski definition) is 2. The molecular weight excluding hydrogens is 200 g/mol. The molecule has 0 aliphatic carbocycles. The van der Waals surface area contributed by atoms with Gasteiger partial charge in [0.1, 0.15) is 0 Å². The van der Waals surface area contributed by atoms with Gasteiger partial charge >= 0.3 is 0 Å². The lowest BCUT2D eigenvalue weighted by atomic mass is 10.1. The second kappa shape index (κ2) is 5.87. The number of nitrogen functional groups attached to an aromatic ring is 1. The molecule has 0 radical (unpaired) electrons. The monoisotopic (exact) mass is 220 g/mol. The lowest BCUT2D eigenvalue weighted by molar-refractivity contribution is 0.0168. The van der Waals surface area contributed by atoms with E-state index in [1.165, 1.54) is 24.8 Å². The van der Waals surface area contributed by atoms with E-state index in [4.69, 9.17) is 10.5 Å². The summed E-state index contributed by atoms with van der Waals surface area (Å²) in [6.45, 7) is 2.67. The van der Waals surface area contributed by atoms with Crippen molar-refractivity contribution in [3.8, 4) is 0 Å². The summed E-state index contributed by atoms with van der Waals surface area (Å²) in [6, 6.07) is 7.98. The molecule has 3 N–H and O–H groups in total. The molecule has 2 rings (SSSR count). The third-order valence-corrected chi connectivity index (χ3v) is 3.02. The van der Waals surface area contributed by atoms with Crippen LogP contribution < -0.4 is 11.1 Å². The Morgan fingerprint density at radius 2 is 2.19 bits per heavy atom. The third kappa shape index (κ3) is 3.22. The van der Waals surface area contributed by atoms with E-state index in [1.54, 1.807) is 0 Å². The first-order valence-electron chi connectivity index (χ1n) is 6.02. The molecule has 0 aromatic heterocycles. The first-order valence-corrected chi connectivity index (χ1v) is 6.02. The topological polar surface area (TPSA) is 47.3 Å². The molecule has 88 valence electrons. The number of benzene rings is 1. The number of rotatable bonds is 4. The van der Waals surface area contributed by atoms with Crippen LogP contribution in [-0.4, -0.2) is 19.3 Å². The van der Waals surface area contributed by atoms with Crippen LogP contribution in [0.5, 0.6) is 0 Å². The largest absolute Gasteiger partial charge is 0.398 e. The highest BCUT2D eigenvalue weighted by Crippen LogP contribution is 2.13. The number of anilines is 1. The molecule has 1 heterocycles. The van der Waals surface area contributed by atoms with E-state index in [0.717, 1.165) is 25.4 Å². The Labute approximate surface area is 97.0 Å². The maximum Gasteiger partial charge on any atom is 0.0699 e. The molecule has 1 saturated heterocycles. The van der Waals surface area contributed by atoms with Gasteiger partial charge in [-0.2, -0.15) is 0 Å². The summed E-state index contributed by atoms with van der Waals surface area (Å²) >= 11 is 0. The van der Waals surface area contributed by atoms with Crippen molar-refractivity contribution in [2.45, 2.75) is 31.9 Å². The summed E-state index contributed by atoms with van der Waals surface area (Å²) in [5.74, 6) is 0. The molecule has 16 heavy (non-hydrogen) atoms. The second-order valence-electron chi connectivity index (χ2n) is 4.32. The number of hydrogen-bond acceptors (Lipinski definition) is 3. The van der Waals surface area contributed by atoms with Crippen LogP contribution >= 0.6 is 0 Å². The van der Waals surface area contributed by atoms with Gasteiger partial charge in [0, 0.05) is 25.4 Å². The van der Waals surface area contributed by atoms with Crippen LogP contribution in [0.2, 0.25) is 0 Å². The molecule has 1 unspecified atom stereocenters. The molecule has 1 aliphatic heterocycles.